The quantitative estimate of drug-likeness (QED) is 0.195. The first-order valence-electron chi connectivity index (χ1n) is 14.3. The fraction of sp³-hybridized carbons (Fsp3) is 0.235. The number of aromatic carboxylic acids is 1. The summed E-state index contributed by atoms with van der Waals surface area (Å²) < 4.78 is 134. The molecule has 0 bridgehead atoms. The minimum atomic E-state index is -5.17. The predicted molar refractivity (Wildman–Crippen MR) is 157 cm³/mol. The van der Waals surface area contributed by atoms with Gasteiger partial charge >= 0.3 is 30.6 Å². The van der Waals surface area contributed by atoms with E-state index in [4.69, 9.17) is 9.47 Å². The number of cyclic esters (lactones) is 1. The molecule has 5 rings (SSSR count). The van der Waals surface area contributed by atoms with E-state index in [0.717, 1.165) is 23.1 Å². The fourth-order valence-electron chi connectivity index (χ4n) is 5.66. The van der Waals surface area contributed by atoms with E-state index in [0.29, 0.717) is 17.7 Å². The number of hydrogen-bond acceptors (Lipinski definition) is 4. The van der Waals surface area contributed by atoms with Crippen molar-refractivity contribution >= 4 is 12.1 Å². The smallest absolute Gasteiger partial charge is 0.416 e. The number of amides is 1. The molecule has 0 saturated carbocycles. The number of benzene rings is 4. The molecule has 4 aromatic rings. The van der Waals surface area contributed by atoms with Crippen LogP contribution in [0.3, 0.4) is 0 Å². The second-order valence-corrected chi connectivity index (χ2v) is 11.1. The highest BCUT2D eigenvalue weighted by Gasteiger charge is 2.44. The summed E-state index contributed by atoms with van der Waals surface area (Å²) >= 11 is 0. The van der Waals surface area contributed by atoms with Gasteiger partial charge in [0.05, 0.1) is 42.0 Å². The largest absolute Gasteiger partial charge is 0.496 e. The molecule has 1 fully saturated rings. The van der Waals surface area contributed by atoms with Crippen molar-refractivity contribution in [3.63, 3.8) is 0 Å². The lowest BCUT2D eigenvalue weighted by Crippen LogP contribution is -2.32. The monoisotopic (exact) mass is 697 g/mol. The average Bonchev–Trinajstić information content (AvgIpc) is 3.31. The van der Waals surface area contributed by atoms with Crippen LogP contribution in [0, 0.1) is 0 Å². The summed E-state index contributed by atoms with van der Waals surface area (Å²) in [5.74, 6) is -1.07. The van der Waals surface area contributed by atoms with Gasteiger partial charge in [-0.15, -0.1) is 0 Å². The molecule has 1 aliphatic heterocycles. The highest BCUT2D eigenvalue weighted by Crippen LogP contribution is 2.43. The Morgan fingerprint density at radius 3 is 1.96 bits per heavy atom. The number of carbonyl (C=O) groups excluding carboxylic acids is 1. The molecule has 0 spiro atoms. The molecule has 0 unspecified atom stereocenters. The van der Waals surface area contributed by atoms with E-state index in [1.807, 2.05) is 0 Å². The highest BCUT2D eigenvalue weighted by molar-refractivity contribution is 5.96. The Morgan fingerprint density at radius 1 is 0.776 bits per heavy atom. The highest BCUT2D eigenvalue weighted by atomic mass is 19.4. The van der Waals surface area contributed by atoms with E-state index >= 15 is 0 Å². The van der Waals surface area contributed by atoms with Gasteiger partial charge in [0.1, 0.15) is 11.9 Å². The van der Waals surface area contributed by atoms with Crippen LogP contribution in [0.1, 0.15) is 51.2 Å². The minimum absolute atomic E-state index is 0.0609. The lowest BCUT2D eigenvalue weighted by molar-refractivity contribution is -0.143. The standard InChI is InChI=1S/C34H24F9NO5/c1-17-29(19-11-22(33(38,39)40)15-23(12-19)34(41,42)43)49-31(47)44(17)16-20-13-21(32(35,36)37)8-9-25(20)27-14-18(7-10-28(27)48-2)24-5-3-4-6-26(24)30(45)46/h3-15,17,29H,16H2,1-2H3,(H,45,46)/t17-,29-/m0/s1. The Balaban J connectivity index is 1.61. The number of alkyl halides is 9. The summed E-state index contributed by atoms with van der Waals surface area (Å²) in [6.07, 6.45) is -18.0. The number of methoxy groups -OCH3 is 1. The molecule has 1 heterocycles. The third-order valence-corrected chi connectivity index (χ3v) is 8.06. The lowest BCUT2D eigenvalue weighted by atomic mass is 9.91. The first-order chi connectivity index (χ1) is 22.8. The van der Waals surface area contributed by atoms with Crippen molar-refractivity contribution in [3.05, 3.63) is 112 Å². The summed E-state index contributed by atoms with van der Waals surface area (Å²) in [4.78, 5) is 25.9. The minimum Gasteiger partial charge on any atom is -0.496 e. The molecule has 0 aromatic heterocycles. The number of halogens is 9. The van der Waals surface area contributed by atoms with E-state index in [1.165, 1.54) is 44.4 Å². The van der Waals surface area contributed by atoms with Gasteiger partial charge < -0.3 is 14.6 Å². The van der Waals surface area contributed by atoms with E-state index in [-0.39, 0.29) is 39.6 Å². The maximum absolute atomic E-state index is 13.9. The molecule has 15 heteroatoms. The molecule has 0 aliphatic carbocycles. The van der Waals surface area contributed by atoms with Crippen molar-refractivity contribution in [3.8, 4) is 28.0 Å². The molecule has 6 nitrogen and oxygen atoms in total. The van der Waals surface area contributed by atoms with Gasteiger partial charge in [-0.2, -0.15) is 39.5 Å². The number of carbonyl (C=O) groups is 2. The van der Waals surface area contributed by atoms with Crippen molar-refractivity contribution in [2.45, 2.75) is 44.1 Å². The molecule has 4 aromatic carbocycles. The van der Waals surface area contributed by atoms with Crippen LogP contribution >= 0.6 is 0 Å². The van der Waals surface area contributed by atoms with Crippen molar-refractivity contribution in [2.75, 3.05) is 7.11 Å². The number of nitrogens with zero attached hydrogens (tertiary/aromatic N) is 1. The summed E-state index contributed by atoms with van der Waals surface area (Å²) in [5, 5.41) is 9.70. The number of ether oxygens (including phenoxy) is 2. The van der Waals surface area contributed by atoms with Crippen molar-refractivity contribution in [1.82, 2.24) is 4.90 Å². The predicted octanol–water partition coefficient (Wildman–Crippen LogP) is 9.87. The van der Waals surface area contributed by atoms with Crippen LogP contribution in [0.4, 0.5) is 44.3 Å². The third kappa shape index (κ3) is 7.15. The number of carboxylic acid groups (broad SMARTS) is 1. The van der Waals surface area contributed by atoms with E-state index < -0.39 is 71.5 Å². The van der Waals surface area contributed by atoms with E-state index in [1.54, 1.807) is 12.1 Å². The third-order valence-electron chi connectivity index (χ3n) is 8.06. The Bertz CT molecular complexity index is 1890. The van der Waals surface area contributed by atoms with Crippen LogP contribution in [-0.4, -0.2) is 35.2 Å². The van der Waals surface area contributed by atoms with Crippen LogP contribution in [0.2, 0.25) is 0 Å². The Morgan fingerprint density at radius 2 is 1.39 bits per heavy atom. The van der Waals surface area contributed by atoms with Gasteiger partial charge in [-0.1, -0.05) is 30.3 Å². The van der Waals surface area contributed by atoms with Crippen LogP contribution < -0.4 is 4.74 Å². The molecular formula is C34H24F9NO5. The van der Waals surface area contributed by atoms with Crippen LogP contribution in [0.15, 0.2) is 78.9 Å². The molecule has 1 aliphatic rings. The molecule has 258 valence electrons. The van der Waals surface area contributed by atoms with Gasteiger partial charge in [0.25, 0.3) is 0 Å². The van der Waals surface area contributed by atoms with Gasteiger partial charge in [-0.25, -0.2) is 9.59 Å². The molecular weight excluding hydrogens is 673 g/mol. The maximum Gasteiger partial charge on any atom is 0.416 e. The molecule has 1 amide bonds. The van der Waals surface area contributed by atoms with Crippen LogP contribution in [-0.2, 0) is 29.8 Å². The summed E-state index contributed by atoms with van der Waals surface area (Å²) in [7, 11) is 1.29. The normalized spacial score (nSPS) is 16.9. The zero-order chi connectivity index (χ0) is 36.1. The number of carboxylic acids is 1. The van der Waals surface area contributed by atoms with Gasteiger partial charge in [-0.05, 0) is 83.3 Å². The Hall–Kier alpha value is -5.21. The second kappa shape index (κ2) is 12.7. The number of rotatable bonds is 7. The van der Waals surface area contributed by atoms with Crippen molar-refractivity contribution < 1.29 is 63.7 Å². The SMILES string of the molecule is COc1ccc(-c2ccccc2C(=O)O)cc1-c1ccc(C(F)(F)F)cc1CN1C(=O)O[C@H](c2cc(C(F)(F)F)cc(C(F)(F)F)c2)[C@@H]1C. The molecule has 2 atom stereocenters. The van der Waals surface area contributed by atoms with E-state index in [2.05, 4.69) is 0 Å². The first-order valence-corrected chi connectivity index (χ1v) is 14.3. The van der Waals surface area contributed by atoms with Crippen molar-refractivity contribution in [2.24, 2.45) is 0 Å². The molecule has 1 N–H and O–H groups in total. The zero-order valence-corrected chi connectivity index (χ0v) is 25.3. The van der Waals surface area contributed by atoms with Crippen LogP contribution in [0.5, 0.6) is 5.75 Å². The van der Waals surface area contributed by atoms with Crippen LogP contribution in [0.25, 0.3) is 22.3 Å². The Labute approximate surface area is 272 Å². The molecule has 1 saturated heterocycles. The fourth-order valence-corrected chi connectivity index (χ4v) is 5.66. The second-order valence-electron chi connectivity index (χ2n) is 11.1. The molecule has 0 radical (unpaired) electrons. The summed E-state index contributed by atoms with van der Waals surface area (Å²) in [5.41, 5.74) is -4.20. The first kappa shape index (κ1) is 35.1. The number of hydrogen-bond donors (Lipinski definition) is 1. The Kier molecular flexibility index (Phi) is 9.08. The van der Waals surface area contributed by atoms with Gasteiger partial charge in [-0.3, -0.25) is 4.90 Å². The van der Waals surface area contributed by atoms with Gasteiger partial charge in [0, 0.05) is 5.56 Å². The maximum atomic E-state index is 13.9. The van der Waals surface area contributed by atoms with Gasteiger partial charge in [0.2, 0.25) is 0 Å². The van der Waals surface area contributed by atoms with E-state index in [9.17, 15) is 54.2 Å². The van der Waals surface area contributed by atoms with Crippen molar-refractivity contribution in [1.29, 1.82) is 0 Å². The zero-order valence-electron chi connectivity index (χ0n) is 25.3. The topological polar surface area (TPSA) is 76.1 Å². The molecule has 49 heavy (non-hydrogen) atoms. The summed E-state index contributed by atoms with van der Waals surface area (Å²) in [6.45, 7) is 0.667. The van der Waals surface area contributed by atoms with Gasteiger partial charge in [0.15, 0.2) is 0 Å². The summed E-state index contributed by atoms with van der Waals surface area (Å²) in [6, 6.07) is 12.7. The lowest BCUT2D eigenvalue weighted by Gasteiger charge is -2.24. The average molecular weight is 698 g/mol.